The molecule has 0 N–H and O–H groups in total. The lowest BCUT2D eigenvalue weighted by Crippen LogP contribution is -2.31. The SMILES string of the molecule is COC(=O)C1=C(C)N(C(C)C)C(=O)/C1=C/c1ccc(CN(Cc2ccc(Cl)cc2)S(=O)(=O)c2ccccc2)o1. The molecule has 4 rings (SSSR count). The van der Waals surface area contributed by atoms with Gasteiger partial charge in [0.1, 0.15) is 11.5 Å². The van der Waals surface area contributed by atoms with E-state index in [1.807, 2.05) is 13.8 Å². The normalized spacial score (nSPS) is 15.2. The van der Waals surface area contributed by atoms with Gasteiger partial charge in [-0.3, -0.25) is 4.79 Å². The van der Waals surface area contributed by atoms with Crippen LogP contribution in [0.15, 0.2) is 92.9 Å². The number of amides is 1. The number of carbonyl (C=O) groups is 2. The summed E-state index contributed by atoms with van der Waals surface area (Å²) >= 11 is 6.01. The minimum absolute atomic E-state index is 0.0617. The number of halogens is 1. The van der Waals surface area contributed by atoms with Gasteiger partial charge in [0.05, 0.1) is 29.7 Å². The van der Waals surface area contributed by atoms with Gasteiger partial charge in [-0.2, -0.15) is 4.31 Å². The van der Waals surface area contributed by atoms with E-state index < -0.39 is 16.0 Å². The second kappa shape index (κ2) is 11.6. The van der Waals surface area contributed by atoms with Crippen LogP contribution < -0.4 is 0 Å². The van der Waals surface area contributed by atoms with Gasteiger partial charge in [0.15, 0.2) is 0 Å². The first-order chi connectivity index (χ1) is 18.5. The first kappa shape index (κ1) is 28.4. The van der Waals surface area contributed by atoms with Gasteiger partial charge >= 0.3 is 5.97 Å². The van der Waals surface area contributed by atoms with Gasteiger partial charge in [0.2, 0.25) is 10.0 Å². The molecule has 3 aromatic rings. The van der Waals surface area contributed by atoms with E-state index in [2.05, 4.69) is 0 Å². The van der Waals surface area contributed by atoms with Gasteiger partial charge < -0.3 is 14.1 Å². The van der Waals surface area contributed by atoms with Crippen molar-refractivity contribution in [3.05, 3.63) is 106 Å². The Morgan fingerprint density at radius 1 is 1.05 bits per heavy atom. The average Bonchev–Trinajstić information content (AvgIpc) is 3.45. The molecule has 1 amide bonds. The van der Waals surface area contributed by atoms with E-state index in [4.69, 9.17) is 20.8 Å². The van der Waals surface area contributed by atoms with Crippen LogP contribution in [0.2, 0.25) is 5.02 Å². The predicted octanol–water partition coefficient (Wildman–Crippen LogP) is 5.41. The van der Waals surface area contributed by atoms with Crippen LogP contribution in [0.5, 0.6) is 0 Å². The molecule has 1 aliphatic rings. The minimum Gasteiger partial charge on any atom is -0.465 e. The summed E-state index contributed by atoms with van der Waals surface area (Å²) in [5.74, 6) is -0.291. The zero-order valence-electron chi connectivity index (χ0n) is 22.0. The van der Waals surface area contributed by atoms with Crippen molar-refractivity contribution in [3.63, 3.8) is 0 Å². The fourth-order valence-corrected chi connectivity index (χ4v) is 6.00. The molecule has 2 aromatic carbocycles. The number of allylic oxidation sites excluding steroid dienone is 1. The molecule has 0 fully saturated rings. The number of carbonyl (C=O) groups excluding carboxylic acids is 2. The Bertz CT molecular complexity index is 1540. The Morgan fingerprint density at radius 2 is 1.72 bits per heavy atom. The van der Waals surface area contributed by atoms with E-state index in [-0.39, 0.29) is 41.1 Å². The molecule has 1 aromatic heterocycles. The van der Waals surface area contributed by atoms with E-state index in [0.717, 1.165) is 5.56 Å². The fourth-order valence-electron chi connectivity index (χ4n) is 4.45. The summed E-state index contributed by atoms with van der Waals surface area (Å²) in [5.41, 5.74) is 1.58. The summed E-state index contributed by atoms with van der Waals surface area (Å²) in [6, 6.07) is 18.2. The summed E-state index contributed by atoms with van der Waals surface area (Å²) < 4.78 is 39.3. The highest BCUT2D eigenvalue weighted by Crippen LogP contribution is 2.33. The van der Waals surface area contributed by atoms with Crippen LogP contribution in [0, 0.1) is 0 Å². The number of rotatable bonds is 9. The quantitative estimate of drug-likeness (QED) is 0.253. The van der Waals surface area contributed by atoms with E-state index in [1.165, 1.54) is 34.5 Å². The minimum atomic E-state index is -3.88. The van der Waals surface area contributed by atoms with Crippen molar-refractivity contribution >= 4 is 39.6 Å². The summed E-state index contributed by atoms with van der Waals surface area (Å²) in [5, 5.41) is 0.549. The monoisotopic (exact) mass is 568 g/mol. The molecule has 39 heavy (non-hydrogen) atoms. The maximum absolute atomic E-state index is 13.6. The summed E-state index contributed by atoms with van der Waals surface area (Å²) in [6.07, 6.45) is 1.49. The fraction of sp³-hybridized carbons (Fsp3) is 0.241. The maximum atomic E-state index is 13.6. The summed E-state index contributed by atoms with van der Waals surface area (Å²) in [6.45, 7) is 5.43. The number of nitrogens with zero attached hydrogens (tertiary/aromatic N) is 2. The Kier molecular flexibility index (Phi) is 8.44. The van der Waals surface area contributed by atoms with Gasteiger partial charge in [0.25, 0.3) is 5.91 Å². The lowest BCUT2D eigenvalue weighted by atomic mass is 10.1. The number of furan rings is 1. The predicted molar refractivity (Wildman–Crippen MR) is 148 cm³/mol. The Hall–Kier alpha value is -3.66. The van der Waals surface area contributed by atoms with Gasteiger partial charge in [0, 0.05) is 23.3 Å². The van der Waals surface area contributed by atoms with Crippen molar-refractivity contribution < 1.29 is 27.2 Å². The smallest absolute Gasteiger partial charge is 0.340 e. The summed E-state index contributed by atoms with van der Waals surface area (Å²) in [7, 11) is -2.62. The number of esters is 1. The zero-order chi connectivity index (χ0) is 28.3. The van der Waals surface area contributed by atoms with Gasteiger partial charge in [-0.1, -0.05) is 41.9 Å². The molecule has 0 radical (unpaired) electrons. The topological polar surface area (TPSA) is 97.1 Å². The van der Waals surface area contributed by atoms with Crippen molar-refractivity contribution in [2.75, 3.05) is 7.11 Å². The van der Waals surface area contributed by atoms with Crippen LogP contribution in [-0.4, -0.2) is 42.7 Å². The third-order valence-electron chi connectivity index (χ3n) is 6.30. The molecule has 204 valence electrons. The molecule has 0 saturated carbocycles. The Morgan fingerprint density at radius 3 is 2.33 bits per heavy atom. The highest BCUT2D eigenvalue weighted by atomic mass is 35.5. The molecule has 8 nitrogen and oxygen atoms in total. The van der Waals surface area contributed by atoms with Gasteiger partial charge in [-0.15, -0.1) is 0 Å². The molecule has 2 heterocycles. The van der Waals surface area contributed by atoms with Crippen LogP contribution in [0.4, 0.5) is 0 Å². The van der Waals surface area contributed by atoms with Crippen molar-refractivity contribution in [1.29, 1.82) is 0 Å². The Labute approximate surface area is 233 Å². The number of ether oxygens (including phenoxy) is 1. The van der Waals surface area contributed by atoms with E-state index >= 15 is 0 Å². The first-order valence-corrected chi connectivity index (χ1v) is 14.1. The van der Waals surface area contributed by atoms with Crippen molar-refractivity contribution in [1.82, 2.24) is 9.21 Å². The van der Waals surface area contributed by atoms with Crippen molar-refractivity contribution in [3.8, 4) is 0 Å². The van der Waals surface area contributed by atoms with Crippen molar-refractivity contribution in [2.45, 2.75) is 44.8 Å². The maximum Gasteiger partial charge on any atom is 0.340 e. The molecule has 0 atom stereocenters. The molecular weight excluding hydrogens is 540 g/mol. The van der Waals surface area contributed by atoms with Crippen LogP contribution >= 0.6 is 11.6 Å². The van der Waals surface area contributed by atoms with E-state index in [0.29, 0.717) is 22.2 Å². The van der Waals surface area contributed by atoms with Crippen LogP contribution in [0.1, 0.15) is 37.9 Å². The number of sulfonamides is 1. The van der Waals surface area contributed by atoms with E-state index in [1.54, 1.807) is 61.5 Å². The second-order valence-electron chi connectivity index (χ2n) is 9.30. The molecule has 10 heteroatoms. The summed E-state index contributed by atoms with van der Waals surface area (Å²) in [4.78, 5) is 27.4. The second-order valence-corrected chi connectivity index (χ2v) is 11.7. The molecule has 0 saturated heterocycles. The van der Waals surface area contributed by atoms with Gasteiger partial charge in [-0.25, -0.2) is 13.2 Å². The zero-order valence-corrected chi connectivity index (χ0v) is 23.6. The highest BCUT2D eigenvalue weighted by Gasteiger charge is 2.38. The molecular formula is C29H29ClN2O6S. The average molecular weight is 569 g/mol. The van der Waals surface area contributed by atoms with Crippen molar-refractivity contribution in [2.24, 2.45) is 0 Å². The standard InChI is InChI=1S/C29H29ClN2O6S/c1-19(2)32-20(3)27(29(34)37-4)26(28(32)33)16-23-14-15-24(38-23)18-31(17-21-10-12-22(30)13-11-21)39(35,36)25-8-6-5-7-9-25/h5-16,19H,17-18H2,1-4H3/b26-16+. The number of benzene rings is 2. The van der Waals surface area contributed by atoms with Crippen LogP contribution in [0.25, 0.3) is 6.08 Å². The largest absolute Gasteiger partial charge is 0.465 e. The Balaban J connectivity index is 1.67. The lowest BCUT2D eigenvalue weighted by Gasteiger charge is -2.22. The molecule has 0 aliphatic carbocycles. The third kappa shape index (κ3) is 6.00. The number of hydrogen-bond acceptors (Lipinski definition) is 6. The lowest BCUT2D eigenvalue weighted by molar-refractivity contribution is -0.136. The number of methoxy groups -OCH3 is 1. The molecule has 1 aliphatic heterocycles. The van der Waals surface area contributed by atoms with Crippen LogP contribution in [-0.2, 0) is 37.4 Å². The molecule has 0 bridgehead atoms. The van der Waals surface area contributed by atoms with E-state index in [9.17, 15) is 18.0 Å². The molecule has 0 spiro atoms. The van der Waals surface area contributed by atoms with Crippen LogP contribution in [0.3, 0.4) is 0 Å². The number of hydrogen-bond donors (Lipinski definition) is 0. The van der Waals surface area contributed by atoms with Gasteiger partial charge in [-0.05, 0) is 68.8 Å². The first-order valence-electron chi connectivity index (χ1n) is 12.3. The molecule has 0 unspecified atom stereocenters. The third-order valence-corrected chi connectivity index (χ3v) is 8.36. The highest BCUT2D eigenvalue weighted by molar-refractivity contribution is 7.89.